The fourth-order valence-corrected chi connectivity index (χ4v) is 4.89. The van der Waals surface area contributed by atoms with Gasteiger partial charge < -0.3 is 14.9 Å². The zero-order valence-electron chi connectivity index (χ0n) is 22.5. The molecule has 8 nitrogen and oxygen atoms in total. The predicted molar refractivity (Wildman–Crippen MR) is 145 cm³/mol. The number of benzene rings is 2. The van der Waals surface area contributed by atoms with E-state index in [1.807, 2.05) is 60.7 Å². The number of imide groups is 1. The number of carboxylic acid groups (broad SMARTS) is 1. The molecule has 204 valence electrons. The number of hydrogen-bond donors (Lipinski definition) is 1. The Morgan fingerprint density at radius 1 is 0.868 bits per heavy atom. The largest absolute Gasteiger partial charge is 0.481 e. The van der Waals surface area contributed by atoms with E-state index in [9.17, 15) is 24.3 Å². The Morgan fingerprint density at radius 2 is 1.47 bits per heavy atom. The van der Waals surface area contributed by atoms with Crippen molar-refractivity contribution in [3.8, 4) is 0 Å². The second-order valence-electron chi connectivity index (χ2n) is 9.98. The summed E-state index contributed by atoms with van der Waals surface area (Å²) in [5.74, 6) is -1.88. The molecule has 1 N–H and O–H groups in total. The van der Waals surface area contributed by atoms with Crippen LogP contribution in [0, 0.1) is 0 Å². The fourth-order valence-electron chi connectivity index (χ4n) is 4.89. The summed E-state index contributed by atoms with van der Waals surface area (Å²) >= 11 is 0. The number of unbranched alkanes of at least 4 members (excludes halogenated alkanes) is 5. The smallest absolute Gasteiger partial charge is 0.328 e. The van der Waals surface area contributed by atoms with E-state index in [1.54, 1.807) is 6.92 Å². The highest BCUT2D eigenvalue weighted by atomic mass is 16.4. The number of hydrogen-bond acceptors (Lipinski definition) is 4. The molecule has 1 atom stereocenters. The van der Waals surface area contributed by atoms with Crippen LogP contribution >= 0.6 is 0 Å². The highest BCUT2D eigenvalue weighted by Crippen LogP contribution is 2.38. The van der Waals surface area contributed by atoms with E-state index in [4.69, 9.17) is 0 Å². The lowest BCUT2D eigenvalue weighted by molar-refractivity contribution is -0.141. The molecule has 1 unspecified atom stereocenters. The van der Waals surface area contributed by atoms with Gasteiger partial charge in [-0.2, -0.15) is 0 Å². The van der Waals surface area contributed by atoms with Crippen LogP contribution < -0.4 is 0 Å². The molecule has 2 aromatic carbocycles. The number of carbonyl (C=O) groups is 4. The SMILES string of the molecule is CCCCCCCCN(CCC(=O)O)C(=O)CN1C(=O)N(Cc2ccccc2)C(C)(c2ccccc2)C1=O. The van der Waals surface area contributed by atoms with Gasteiger partial charge in [0.15, 0.2) is 0 Å². The molecule has 2 aromatic rings. The lowest BCUT2D eigenvalue weighted by Gasteiger charge is -2.32. The van der Waals surface area contributed by atoms with Crippen LogP contribution in [0.15, 0.2) is 60.7 Å². The van der Waals surface area contributed by atoms with Crippen molar-refractivity contribution in [1.82, 2.24) is 14.7 Å². The molecule has 0 aromatic heterocycles. The maximum absolute atomic E-state index is 13.8. The van der Waals surface area contributed by atoms with Crippen molar-refractivity contribution in [2.75, 3.05) is 19.6 Å². The van der Waals surface area contributed by atoms with E-state index in [0.29, 0.717) is 12.1 Å². The van der Waals surface area contributed by atoms with Crippen LogP contribution in [0.4, 0.5) is 4.79 Å². The van der Waals surface area contributed by atoms with Crippen LogP contribution in [0.5, 0.6) is 0 Å². The quantitative estimate of drug-likeness (QED) is 0.262. The van der Waals surface area contributed by atoms with Crippen molar-refractivity contribution in [3.63, 3.8) is 0 Å². The van der Waals surface area contributed by atoms with Gasteiger partial charge in [0.25, 0.3) is 5.91 Å². The van der Waals surface area contributed by atoms with Crippen molar-refractivity contribution in [2.24, 2.45) is 0 Å². The van der Waals surface area contributed by atoms with Crippen LogP contribution in [-0.2, 0) is 26.5 Å². The average Bonchev–Trinajstić information content (AvgIpc) is 3.10. The summed E-state index contributed by atoms with van der Waals surface area (Å²) in [5, 5.41) is 9.19. The summed E-state index contributed by atoms with van der Waals surface area (Å²) in [4.78, 5) is 56.1. The van der Waals surface area contributed by atoms with Gasteiger partial charge in [0.05, 0.1) is 6.42 Å². The van der Waals surface area contributed by atoms with Crippen molar-refractivity contribution in [1.29, 1.82) is 0 Å². The summed E-state index contributed by atoms with van der Waals surface area (Å²) in [5.41, 5.74) is 0.258. The van der Waals surface area contributed by atoms with Crippen LogP contribution in [-0.4, -0.2) is 63.3 Å². The Kier molecular flexibility index (Phi) is 10.4. The fraction of sp³-hybridized carbons (Fsp3) is 0.467. The molecule has 8 heteroatoms. The van der Waals surface area contributed by atoms with Crippen LogP contribution in [0.1, 0.15) is 69.9 Å². The Bertz CT molecular complexity index is 1090. The van der Waals surface area contributed by atoms with Crippen molar-refractivity contribution >= 4 is 23.8 Å². The first-order chi connectivity index (χ1) is 18.3. The third kappa shape index (κ3) is 7.00. The molecule has 0 radical (unpaired) electrons. The zero-order valence-corrected chi connectivity index (χ0v) is 22.5. The van der Waals surface area contributed by atoms with E-state index in [1.165, 1.54) is 16.2 Å². The van der Waals surface area contributed by atoms with Crippen LogP contribution in [0.3, 0.4) is 0 Å². The number of urea groups is 1. The van der Waals surface area contributed by atoms with Gasteiger partial charge in [0.2, 0.25) is 5.91 Å². The molecule has 1 heterocycles. The minimum atomic E-state index is -1.28. The number of amides is 4. The summed E-state index contributed by atoms with van der Waals surface area (Å²) in [6.45, 7) is 4.11. The van der Waals surface area contributed by atoms with Gasteiger partial charge in [-0.25, -0.2) is 4.79 Å². The lowest BCUT2D eigenvalue weighted by atomic mass is 9.90. The Balaban J connectivity index is 1.80. The van der Waals surface area contributed by atoms with Gasteiger partial charge in [0.1, 0.15) is 12.1 Å². The second-order valence-corrected chi connectivity index (χ2v) is 9.98. The van der Waals surface area contributed by atoms with E-state index in [0.717, 1.165) is 42.6 Å². The Hall–Kier alpha value is -3.68. The molecule has 0 saturated carbocycles. The molecular formula is C30H39N3O5. The van der Waals surface area contributed by atoms with Gasteiger partial charge in [-0.05, 0) is 24.5 Å². The molecule has 1 fully saturated rings. The molecule has 1 aliphatic heterocycles. The number of nitrogens with zero attached hydrogens (tertiary/aromatic N) is 3. The normalized spacial score (nSPS) is 17.2. The predicted octanol–water partition coefficient (Wildman–Crippen LogP) is 5.03. The van der Waals surface area contributed by atoms with E-state index in [2.05, 4.69) is 6.92 Å². The van der Waals surface area contributed by atoms with Gasteiger partial charge >= 0.3 is 12.0 Å². The Labute approximate surface area is 225 Å². The number of aliphatic carboxylic acids is 1. The van der Waals surface area contributed by atoms with Gasteiger partial charge in [-0.3, -0.25) is 19.3 Å². The van der Waals surface area contributed by atoms with Gasteiger partial charge in [-0.15, -0.1) is 0 Å². The molecule has 0 aliphatic carbocycles. The summed E-state index contributed by atoms with van der Waals surface area (Å²) < 4.78 is 0. The first kappa shape index (κ1) is 28.9. The first-order valence-corrected chi connectivity index (χ1v) is 13.5. The van der Waals surface area contributed by atoms with Crippen LogP contribution in [0.2, 0.25) is 0 Å². The van der Waals surface area contributed by atoms with E-state index >= 15 is 0 Å². The number of carbonyl (C=O) groups excluding carboxylic acids is 3. The minimum Gasteiger partial charge on any atom is -0.481 e. The maximum atomic E-state index is 13.8. The van der Waals surface area contributed by atoms with Crippen molar-refractivity contribution < 1.29 is 24.3 Å². The summed E-state index contributed by atoms with van der Waals surface area (Å²) in [6, 6.07) is 18.0. The van der Waals surface area contributed by atoms with Gasteiger partial charge in [0, 0.05) is 19.6 Å². The summed E-state index contributed by atoms with van der Waals surface area (Å²) in [6.07, 6.45) is 6.00. The van der Waals surface area contributed by atoms with Crippen LogP contribution in [0.25, 0.3) is 0 Å². The average molecular weight is 522 g/mol. The summed E-state index contributed by atoms with van der Waals surface area (Å²) in [7, 11) is 0. The topological polar surface area (TPSA) is 98.2 Å². The van der Waals surface area contributed by atoms with Crippen molar-refractivity contribution in [3.05, 3.63) is 71.8 Å². The second kappa shape index (κ2) is 13.7. The molecule has 0 spiro atoms. The molecule has 4 amide bonds. The minimum absolute atomic E-state index is 0.0447. The zero-order chi connectivity index (χ0) is 27.5. The third-order valence-corrected chi connectivity index (χ3v) is 7.21. The molecule has 0 bridgehead atoms. The first-order valence-electron chi connectivity index (χ1n) is 13.5. The lowest BCUT2D eigenvalue weighted by Crippen LogP contribution is -2.45. The molecule has 3 rings (SSSR count). The highest BCUT2D eigenvalue weighted by molar-refractivity contribution is 6.09. The molecule has 1 aliphatic rings. The van der Waals surface area contributed by atoms with Crippen molar-refractivity contribution in [2.45, 2.75) is 70.9 Å². The molecular weight excluding hydrogens is 482 g/mol. The number of rotatable bonds is 15. The Morgan fingerprint density at radius 3 is 2.11 bits per heavy atom. The molecule has 38 heavy (non-hydrogen) atoms. The van der Waals surface area contributed by atoms with Gasteiger partial charge in [-0.1, -0.05) is 99.7 Å². The highest BCUT2D eigenvalue weighted by Gasteiger charge is 2.55. The monoisotopic (exact) mass is 521 g/mol. The van der Waals surface area contributed by atoms with E-state index < -0.39 is 35.9 Å². The number of carboxylic acids is 1. The third-order valence-electron chi connectivity index (χ3n) is 7.21. The molecule has 1 saturated heterocycles. The van der Waals surface area contributed by atoms with E-state index in [-0.39, 0.29) is 19.5 Å². The standard InChI is InChI=1S/C30H39N3O5/c1-3-4-5-6-7-14-20-31(21-19-27(35)36)26(34)23-32-28(37)30(2,25-17-12-9-13-18-25)33(29(32)38)22-24-15-10-8-11-16-24/h8-13,15-18H,3-7,14,19-23H2,1-2H3,(H,35,36). The maximum Gasteiger partial charge on any atom is 0.328 e.